The van der Waals surface area contributed by atoms with Crippen molar-refractivity contribution in [3.63, 3.8) is 0 Å². The minimum absolute atomic E-state index is 0.0140. The predicted octanol–water partition coefficient (Wildman–Crippen LogP) is 1.32. The van der Waals surface area contributed by atoms with E-state index in [2.05, 4.69) is 9.88 Å². The number of ether oxygens (including phenoxy) is 2. The number of Topliss-reactive ketones (excluding diaryl/α,β-unsaturated/α-hetero) is 1. The molecule has 0 bridgehead atoms. The van der Waals surface area contributed by atoms with Gasteiger partial charge in [-0.1, -0.05) is 0 Å². The summed E-state index contributed by atoms with van der Waals surface area (Å²) in [4.78, 5) is 29.3. The summed E-state index contributed by atoms with van der Waals surface area (Å²) < 4.78 is 10.2. The molecule has 1 aliphatic heterocycles. The number of methoxy groups -OCH3 is 1. The Morgan fingerprint density at radius 2 is 2.14 bits per heavy atom. The van der Waals surface area contributed by atoms with Gasteiger partial charge in [0, 0.05) is 18.8 Å². The molecule has 0 radical (unpaired) electrons. The lowest BCUT2D eigenvalue weighted by Gasteiger charge is -2.30. The van der Waals surface area contributed by atoms with Crippen LogP contribution >= 0.6 is 0 Å². The maximum Gasteiger partial charge on any atom is 0.339 e. The number of aromatic amines is 1. The number of aryl methyl sites for hydroxylation is 1. The molecule has 1 fully saturated rings. The summed E-state index contributed by atoms with van der Waals surface area (Å²) in [5, 5.41) is 0. The van der Waals surface area contributed by atoms with E-state index in [1.165, 1.54) is 7.11 Å². The Kier molecular flexibility index (Phi) is 4.80. The number of carbonyl (C=O) groups is 2. The summed E-state index contributed by atoms with van der Waals surface area (Å²) in [5.41, 5.74) is 2.27. The molecule has 0 aromatic carbocycles. The number of morpholine rings is 1. The minimum atomic E-state index is -0.416. The molecule has 1 aliphatic rings. The fraction of sp³-hybridized carbons (Fsp3) is 0.600. The number of nitrogens with zero attached hydrogens (tertiary/aromatic N) is 1. The van der Waals surface area contributed by atoms with Gasteiger partial charge in [-0.15, -0.1) is 0 Å². The highest BCUT2D eigenvalue weighted by Crippen LogP contribution is 2.20. The Morgan fingerprint density at radius 1 is 1.43 bits per heavy atom. The molecule has 0 unspecified atom stereocenters. The zero-order valence-corrected chi connectivity index (χ0v) is 13.0. The van der Waals surface area contributed by atoms with Gasteiger partial charge in [-0.25, -0.2) is 4.79 Å². The van der Waals surface area contributed by atoms with E-state index in [-0.39, 0.29) is 11.9 Å². The van der Waals surface area contributed by atoms with Crippen LogP contribution in [0.25, 0.3) is 0 Å². The molecular formula is C15H22N2O4. The number of hydrogen-bond donors (Lipinski definition) is 1. The number of aromatic nitrogens is 1. The second-order valence-corrected chi connectivity index (χ2v) is 5.46. The molecule has 2 heterocycles. The molecule has 0 saturated carbocycles. The third kappa shape index (κ3) is 3.33. The highest BCUT2D eigenvalue weighted by atomic mass is 16.5. The smallest absolute Gasteiger partial charge is 0.339 e. The van der Waals surface area contributed by atoms with E-state index in [0.29, 0.717) is 35.7 Å². The van der Waals surface area contributed by atoms with Crippen molar-refractivity contribution >= 4 is 11.8 Å². The molecule has 1 aromatic rings. The minimum Gasteiger partial charge on any atom is -0.465 e. The fourth-order valence-corrected chi connectivity index (χ4v) is 2.75. The zero-order chi connectivity index (χ0) is 15.6. The van der Waals surface area contributed by atoms with Gasteiger partial charge in [0.15, 0.2) is 5.78 Å². The van der Waals surface area contributed by atoms with Crippen LogP contribution in [0, 0.1) is 13.8 Å². The van der Waals surface area contributed by atoms with Gasteiger partial charge >= 0.3 is 5.97 Å². The highest BCUT2D eigenvalue weighted by Gasteiger charge is 2.25. The van der Waals surface area contributed by atoms with E-state index < -0.39 is 5.97 Å². The number of esters is 1. The molecule has 1 aromatic heterocycles. The van der Waals surface area contributed by atoms with Gasteiger partial charge in [-0.2, -0.15) is 0 Å². The van der Waals surface area contributed by atoms with Gasteiger partial charge in [-0.3, -0.25) is 9.69 Å². The molecule has 116 valence electrons. The van der Waals surface area contributed by atoms with E-state index in [0.717, 1.165) is 13.1 Å². The maximum absolute atomic E-state index is 12.5. The Morgan fingerprint density at radius 3 is 2.76 bits per heavy atom. The van der Waals surface area contributed by atoms with E-state index in [1.54, 1.807) is 13.8 Å². The predicted molar refractivity (Wildman–Crippen MR) is 77.8 cm³/mol. The number of carbonyl (C=O) groups excluding carboxylic acids is 2. The van der Waals surface area contributed by atoms with Crippen LogP contribution in [-0.2, 0) is 9.47 Å². The van der Waals surface area contributed by atoms with Gasteiger partial charge < -0.3 is 14.5 Å². The lowest BCUT2D eigenvalue weighted by molar-refractivity contribution is -0.0158. The molecule has 0 aliphatic carbocycles. The van der Waals surface area contributed by atoms with Crippen LogP contribution in [0.2, 0.25) is 0 Å². The molecule has 1 N–H and O–H groups in total. The second-order valence-electron chi connectivity index (χ2n) is 5.46. The van der Waals surface area contributed by atoms with Crippen molar-refractivity contribution in [1.82, 2.24) is 9.88 Å². The molecule has 6 heteroatoms. The number of ketones is 1. The van der Waals surface area contributed by atoms with Crippen molar-refractivity contribution in [2.45, 2.75) is 26.9 Å². The topological polar surface area (TPSA) is 71.6 Å². The van der Waals surface area contributed by atoms with Crippen LogP contribution in [-0.4, -0.2) is 61.1 Å². The normalized spacial score (nSPS) is 19.5. The third-order valence-corrected chi connectivity index (χ3v) is 3.80. The fourth-order valence-electron chi connectivity index (χ4n) is 2.75. The first-order chi connectivity index (χ1) is 9.93. The summed E-state index contributed by atoms with van der Waals surface area (Å²) in [5.74, 6) is -0.430. The van der Waals surface area contributed by atoms with Crippen LogP contribution in [0.4, 0.5) is 0 Å². The van der Waals surface area contributed by atoms with Gasteiger partial charge in [0.05, 0.1) is 37.6 Å². The summed E-state index contributed by atoms with van der Waals surface area (Å²) in [6, 6.07) is 0. The van der Waals surface area contributed by atoms with Crippen molar-refractivity contribution in [3.8, 4) is 0 Å². The molecule has 0 amide bonds. The second kappa shape index (κ2) is 6.41. The van der Waals surface area contributed by atoms with Gasteiger partial charge in [0.2, 0.25) is 0 Å². The number of rotatable bonds is 4. The quantitative estimate of drug-likeness (QED) is 0.670. The van der Waals surface area contributed by atoms with E-state index in [9.17, 15) is 9.59 Å². The Bertz CT molecular complexity index is 550. The summed E-state index contributed by atoms with van der Waals surface area (Å²) in [6.45, 7) is 8.00. The molecule has 21 heavy (non-hydrogen) atoms. The van der Waals surface area contributed by atoms with Crippen molar-refractivity contribution < 1.29 is 19.1 Å². The molecule has 1 atom stereocenters. The summed E-state index contributed by atoms with van der Waals surface area (Å²) in [6.07, 6.45) is 0.142. The molecular weight excluding hydrogens is 272 g/mol. The van der Waals surface area contributed by atoms with Gasteiger partial charge in [-0.05, 0) is 26.3 Å². The third-order valence-electron chi connectivity index (χ3n) is 3.80. The first-order valence-corrected chi connectivity index (χ1v) is 7.08. The van der Waals surface area contributed by atoms with Crippen LogP contribution in [0.3, 0.4) is 0 Å². The van der Waals surface area contributed by atoms with Crippen molar-refractivity contribution in [2.24, 2.45) is 0 Å². The van der Waals surface area contributed by atoms with Crippen LogP contribution in [0.1, 0.15) is 39.0 Å². The van der Waals surface area contributed by atoms with Crippen LogP contribution in [0.15, 0.2) is 0 Å². The van der Waals surface area contributed by atoms with Crippen molar-refractivity contribution in [1.29, 1.82) is 0 Å². The average Bonchev–Trinajstić information content (AvgIpc) is 2.73. The molecule has 1 saturated heterocycles. The SMILES string of the molecule is COC(=O)c1c(C)[nH]c(C(=O)CN2CCO[C@@H](C)C2)c1C. The monoisotopic (exact) mass is 294 g/mol. The van der Waals surface area contributed by atoms with E-state index in [4.69, 9.17) is 9.47 Å². The van der Waals surface area contributed by atoms with E-state index >= 15 is 0 Å². The van der Waals surface area contributed by atoms with Crippen molar-refractivity contribution in [2.75, 3.05) is 33.4 Å². The van der Waals surface area contributed by atoms with Gasteiger partial charge in [0.1, 0.15) is 0 Å². The first kappa shape index (κ1) is 15.7. The average molecular weight is 294 g/mol. The molecule has 6 nitrogen and oxygen atoms in total. The number of hydrogen-bond acceptors (Lipinski definition) is 5. The molecule has 2 rings (SSSR count). The van der Waals surface area contributed by atoms with Crippen LogP contribution < -0.4 is 0 Å². The van der Waals surface area contributed by atoms with Crippen molar-refractivity contribution in [3.05, 3.63) is 22.5 Å². The summed E-state index contributed by atoms with van der Waals surface area (Å²) >= 11 is 0. The Hall–Kier alpha value is -1.66. The Balaban J connectivity index is 2.14. The lowest BCUT2D eigenvalue weighted by Crippen LogP contribution is -2.43. The van der Waals surface area contributed by atoms with Crippen LogP contribution in [0.5, 0.6) is 0 Å². The standard InChI is InChI=1S/C15H22N2O4/c1-9-7-17(5-6-21-9)8-12(18)14-10(2)13(11(3)16-14)15(19)20-4/h9,16H,5-8H2,1-4H3/t9-/m0/s1. The van der Waals surface area contributed by atoms with Gasteiger partial charge in [0.25, 0.3) is 0 Å². The first-order valence-electron chi connectivity index (χ1n) is 7.08. The highest BCUT2D eigenvalue weighted by molar-refractivity contribution is 6.02. The largest absolute Gasteiger partial charge is 0.465 e. The van der Waals surface area contributed by atoms with E-state index in [1.807, 2.05) is 6.92 Å². The zero-order valence-electron chi connectivity index (χ0n) is 13.0. The number of nitrogens with one attached hydrogen (secondary N) is 1. The Labute approximate surface area is 124 Å². The molecule has 0 spiro atoms. The maximum atomic E-state index is 12.5. The lowest BCUT2D eigenvalue weighted by atomic mass is 10.1. The summed E-state index contributed by atoms with van der Waals surface area (Å²) in [7, 11) is 1.34. The number of H-pyrrole nitrogens is 1.